The molecule has 0 radical (unpaired) electrons. The number of amides is 1. The van der Waals surface area contributed by atoms with Crippen LogP contribution in [-0.4, -0.2) is 40.5 Å². The second kappa shape index (κ2) is 6.72. The Kier molecular flexibility index (Phi) is 4.40. The molecule has 0 bridgehead atoms. The summed E-state index contributed by atoms with van der Waals surface area (Å²) in [4.78, 5) is 23.6. The maximum absolute atomic E-state index is 12.4. The second-order valence-corrected chi connectivity index (χ2v) is 7.44. The standard InChI is InChI=1S/C19H24N4O3/c1-13(2)17(24)23-6-5-19(11-23)12-25-10-14-8-20-18(22-16(14)19)21-9-15-4-3-7-26-15/h3-4,7-8,13H,5-6,9-12H2,1-2H3,(H,20,21,22)/t19-/m1/s1. The molecule has 0 aliphatic carbocycles. The van der Waals surface area contributed by atoms with E-state index in [2.05, 4.69) is 10.3 Å². The molecule has 1 atom stereocenters. The van der Waals surface area contributed by atoms with Crippen LogP contribution < -0.4 is 5.32 Å². The van der Waals surface area contributed by atoms with Crippen LogP contribution >= 0.6 is 0 Å². The van der Waals surface area contributed by atoms with Gasteiger partial charge >= 0.3 is 0 Å². The van der Waals surface area contributed by atoms with Crippen LogP contribution in [0.1, 0.15) is 37.3 Å². The third-order valence-corrected chi connectivity index (χ3v) is 5.16. The van der Waals surface area contributed by atoms with E-state index in [-0.39, 0.29) is 17.2 Å². The van der Waals surface area contributed by atoms with Gasteiger partial charge < -0.3 is 19.4 Å². The van der Waals surface area contributed by atoms with Gasteiger partial charge in [0.1, 0.15) is 5.76 Å². The predicted octanol–water partition coefficient (Wildman–Crippen LogP) is 2.34. The molecule has 2 aliphatic heterocycles. The summed E-state index contributed by atoms with van der Waals surface area (Å²) >= 11 is 0. The number of aromatic nitrogens is 2. The Hall–Kier alpha value is -2.41. The molecule has 2 aromatic rings. The van der Waals surface area contributed by atoms with Crippen molar-refractivity contribution in [3.8, 4) is 0 Å². The summed E-state index contributed by atoms with van der Waals surface area (Å²) in [7, 11) is 0. The Morgan fingerprint density at radius 3 is 3.12 bits per heavy atom. The quantitative estimate of drug-likeness (QED) is 0.906. The fraction of sp³-hybridized carbons (Fsp3) is 0.526. The number of carbonyl (C=O) groups is 1. The maximum atomic E-state index is 12.4. The molecule has 138 valence electrons. The summed E-state index contributed by atoms with van der Waals surface area (Å²) in [5.74, 6) is 1.61. The van der Waals surface area contributed by atoms with Crippen molar-refractivity contribution in [1.29, 1.82) is 0 Å². The number of carbonyl (C=O) groups excluding carboxylic acids is 1. The zero-order chi connectivity index (χ0) is 18.1. The van der Waals surface area contributed by atoms with Crippen LogP contribution in [0.2, 0.25) is 0 Å². The number of anilines is 1. The molecule has 4 rings (SSSR count). The van der Waals surface area contributed by atoms with Gasteiger partial charge in [0, 0.05) is 30.8 Å². The number of hydrogen-bond donors (Lipinski definition) is 1. The largest absolute Gasteiger partial charge is 0.467 e. The topological polar surface area (TPSA) is 80.5 Å². The lowest BCUT2D eigenvalue weighted by molar-refractivity contribution is -0.133. The molecule has 7 nitrogen and oxygen atoms in total. The highest BCUT2D eigenvalue weighted by Crippen LogP contribution is 2.39. The lowest BCUT2D eigenvalue weighted by Crippen LogP contribution is -2.42. The van der Waals surface area contributed by atoms with Crippen LogP contribution in [0.25, 0.3) is 0 Å². The third-order valence-electron chi connectivity index (χ3n) is 5.16. The average Bonchev–Trinajstić information content (AvgIpc) is 3.30. The predicted molar refractivity (Wildman–Crippen MR) is 95.4 cm³/mol. The first kappa shape index (κ1) is 17.0. The molecule has 0 aromatic carbocycles. The van der Waals surface area contributed by atoms with Gasteiger partial charge in [0.25, 0.3) is 0 Å². The van der Waals surface area contributed by atoms with E-state index < -0.39 is 0 Å². The normalized spacial score (nSPS) is 22.0. The SMILES string of the molecule is CC(C)C(=O)N1CC[C@]2(COCc3cnc(NCc4ccco4)nc32)C1. The zero-order valence-corrected chi connectivity index (χ0v) is 15.2. The van der Waals surface area contributed by atoms with Crippen LogP contribution in [0.5, 0.6) is 0 Å². The number of fused-ring (bicyclic) bond motifs is 2. The van der Waals surface area contributed by atoms with E-state index in [0.717, 1.165) is 30.0 Å². The molecule has 1 amide bonds. The molecule has 1 spiro atoms. The van der Waals surface area contributed by atoms with E-state index >= 15 is 0 Å². The number of likely N-dealkylation sites (tertiary alicyclic amines) is 1. The number of hydrogen-bond acceptors (Lipinski definition) is 6. The Labute approximate surface area is 152 Å². The average molecular weight is 356 g/mol. The zero-order valence-electron chi connectivity index (χ0n) is 15.2. The number of furan rings is 1. The van der Waals surface area contributed by atoms with E-state index in [1.807, 2.05) is 37.1 Å². The van der Waals surface area contributed by atoms with Crippen LogP contribution in [0, 0.1) is 5.92 Å². The van der Waals surface area contributed by atoms with Crippen molar-refractivity contribution in [3.63, 3.8) is 0 Å². The number of rotatable bonds is 4. The molecule has 1 saturated heterocycles. The molecule has 2 aromatic heterocycles. The highest BCUT2D eigenvalue weighted by Gasteiger charge is 2.46. The van der Waals surface area contributed by atoms with E-state index in [1.54, 1.807) is 6.26 Å². The molecule has 1 fully saturated rings. The summed E-state index contributed by atoms with van der Waals surface area (Å²) in [5.41, 5.74) is 1.79. The minimum atomic E-state index is -0.234. The Morgan fingerprint density at radius 2 is 2.35 bits per heavy atom. The molecule has 26 heavy (non-hydrogen) atoms. The summed E-state index contributed by atoms with van der Waals surface area (Å²) in [6, 6.07) is 3.77. The Balaban J connectivity index is 1.57. The molecule has 4 heterocycles. The Bertz CT molecular complexity index is 790. The number of ether oxygens (including phenoxy) is 1. The molecule has 1 N–H and O–H groups in total. The van der Waals surface area contributed by atoms with Gasteiger partial charge in [0.2, 0.25) is 11.9 Å². The lowest BCUT2D eigenvalue weighted by atomic mass is 9.80. The van der Waals surface area contributed by atoms with Crippen molar-refractivity contribution in [1.82, 2.24) is 14.9 Å². The monoisotopic (exact) mass is 356 g/mol. The molecule has 2 aliphatic rings. The third kappa shape index (κ3) is 3.07. The molecule has 7 heteroatoms. The number of nitrogens with one attached hydrogen (secondary N) is 1. The van der Waals surface area contributed by atoms with E-state index in [9.17, 15) is 4.79 Å². The highest BCUT2D eigenvalue weighted by atomic mass is 16.5. The van der Waals surface area contributed by atoms with Gasteiger partial charge in [-0.25, -0.2) is 9.97 Å². The molecule has 0 unspecified atom stereocenters. The van der Waals surface area contributed by atoms with Crippen LogP contribution in [0.3, 0.4) is 0 Å². The van der Waals surface area contributed by atoms with Crippen LogP contribution in [0.4, 0.5) is 5.95 Å². The minimum Gasteiger partial charge on any atom is -0.467 e. The van der Waals surface area contributed by atoms with E-state index in [0.29, 0.717) is 32.3 Å². The number of nitrogens with zero attached hydrogens (tertiary/aromatic N) is 3. The van der Waals surface area contributed by atoms with Crippen molar-refractivity contribution in [2.45, 2.75) is 38.8 Å². The summed E-state index contributed by atoms with van der Waals surface area (Å²) in [6.45, 7) is 6.94. The van der Waals surface area contributed by atoms with Crippen molar-refractivity contribution in [3.05, 3.63) is 41.6 Å². The van der Waals surface area contributed by atoms with E-state index in [4.69, 9.17) is 14.1 Å². The summed E-state index contributed by atoms with van der Waals surface area (Å²) < 4.78 is 11.2. The minimum absolute atomic E-state index is 0.00468. The molecular formula is C19H24N4O3. The van der Waals surface area contributed by atoms with Crippen LogP contribution in [-0.2, 0) is 28.1 Å². The van der Waals surface area contributed by atoms with Crippen LogP contribution in [0.15, 0.2) is 29.0 Å². The van der Waals surface area contributed by atoms with Crippen molar-refractivity contribution >= 4 is 11.9 Å². The first-order chi connectivity index (χ1) is 12.6. The molecular weight excluding hydrogens is 332 g/mol. The second-order valence-electron chi connectivity index (χ2n) is 7.44. The van der Waals surface area contributed by atoms with Gasteiger partial charge in [-0.2, -0.15) is 0 Å². The molecule has 0 saturated carbocycles. The first-order valence-corrected chi connectivity index (χ1v) is 9.07. The highest BCUT2D eigenvalue weighted by molar-refractivity contribution is 5.78. The fourth-order valence-electron chi connectivity index (χ4n) is 3.80. The van der Waals surface area contributed by atoms with Gasteiger partial charge in [-0.1, -0.05) is 13.8 Å². The first-order valence-electron chi connectivity index (χ1n) is 9.07. The van der Waals surface area contributed by atoms with Gasteiger partial charge in [-0.05, 0) is 18.6 Å². The van der Waals surface area contributed by atoms with Gasteiger partial charge in [-0.3, -0.25) is 4.79 Å². The smallest absolute Gasteiger partial charge is 0.225 e. The van der Waals surface area contributed by atoms with E-state index in [1.165, 1.54) is 0 Å². The van der Waals surface area contributed by atoms with Crippen molar-refractivity contribution < 1.29 is 13.9 Å². The maximum Gasteiger partial charge on any atom is 0.225 e. The van der Waals surface area contributed by atoms with Gasteiger partial charge in [-0.15, -0.1) is 0 Å². The van der Waals surface area contributed by atoms with Gasteiger partial charge in [0.05, 0.1) is 37.1 Å². The van der Waals surface area contributed by atoms with Crippen molar-refractivity contribution in [2.24, 2.45) is 5.92 Å². The van der Waals surface area contributed by atoms with Gasteiger partial charge in [0.15, 0.2) is 0 Å². The van der Waals surface area contributed by atoms with Crippen molar-refractivity contribution in [2.75, 3.05) is 25.0 Å². The fourth-order valence-corrected chi connectivity index (χ4v) is 3.80. The lowest BCUT2D eigenvalue weighted by Gasteiger charge is -2.34. The Morgan fingerprint density at radius 1 is 1.46 bits per heavy atom. The summed E-state index contributed by atoms with van der Waals surface area (Å²) in [5, 5.41) is 3.22. The summed E-state index contributed by atoms with van der Waals surface area (Å²) in [6.07, 6.45) is 4.35.